The molecule has 2 fully saturated rings. The number of rotatable bonds is 14. The highest BCUT2D eigenvalue weighted by Crippen LogP contribution is 2.53. The zero-order chi connectivity index (χ0) is 34.8. The molecule has 0 aliphatic carbocycles. The predicted octanol–water partition coefficient (Wildman–Crippen LogP) is 1.47. The fourth-order valence-corrected chi connectivity index (χ4v) is 6.02. The van der Waals surface area contributed by atoms with Crippen LogP contribution >= 0.6 is 11.6 Å². The molecule has 2 aromatic rings. The van der Waals surface area contributed by atoms with Gasteiger partial charge in [-0.15, -0.1) is 0 Å². The number of likely N-dealkylation sites (N-methyl/N-ethyl adjacent to an activating group) is 1. The zero-order valence-corrected chi connectivity index (χ0v) is 28.6. The highest BCUT2D eigenvalue weighted by Gasteiger charge is 2.71. The van der Waals surface area contributed by atoms with Gasteiger partial charge in [-0.3, -0.25) is 9.59 Å². The molecule has 2 aliphatic heterocycles. The number of halogens is 1. The molecule has 2 aliphatic rings. The second-order valence-corrected chi connectivity index (χ2v) is 14.1. The van der Waals surface area contributed by atoms with Crippen LogP contribution in [0.15, 0.2) is 42.5 Å². The van der Waals surface area contributed by atoms with Crippen molar-refractivity contribution in [2.75, 3.05) is 40.4 Å². The summed E-state index contributed by atoms with van der Waals surface area (Å²) < 4.78 is 17.9. The van der Waals surface area contributed by atoms with Crippen LogP contribution in [0.4, 0.5) is 0 Å². The van der Waals surface area contributed by atoms with Gasteiger partial charge in [0.15, 0.2) is 5.60 Å². The van der Waals surface area contributed by atoms with Crippen molar-refractivity contribution in [3.05, 3.63) is 64.2 Å². The number of nitrogens with zero attached hydrogens (tertiary/aromatic N) is 1. The Hall–Kier alpha value is -2.81. The molecular weight excluding hydrogens is 630 g/mol. The summed E-state index contributed by atoms with van der Waals surface area (Å²) in [6, 6.07) is 12.4. The molecule has 0 unspecified atom stereocenters. The van der Waals surface area contributed by atoms with E-state index in [0.29, 0.717) is 54.4 Å². The molecule has 2 saturated heterocycles. The molecule has 2 bridgehead atoms. The number of aliphatic hydroxyl groups is 4. The molecule has 0 spiro atoms. The summed E-state index contributed by atoms with van der Waals surface area (Å²) in [7, 11) is 3.84. The lowest BCUT2D eigenvalue weighted by Crippen LogP contribution is -2.70. The van der Waals surface area contributed by atoms with Crippen LogP contribution in [-0.4, -0.2) is 113 Å². The molecule has 47 heavy (non-hydrogen) atoms. The predicted molar refractivity (Wildman–Crippen MR) is 175 cm³/mol. The van der Waals surface area contributed by atoms with E-state index in [9.17, 15) is 30.0 Å². The third-order valence-corrected chi connectivity index (χ3v) is 9.20. The maximum Gasteiger partial charge on any atom is 0.245 e. The van der Waals surface area contributed by atoms with Crippen LogP contribution < -0.4 is 15.4 Å². The lowest BCUT2D eigenvalue weighted by atomic mass is 9.75. The molecule has 13 heteroatoms. The van der Waals surface area contributed by atoms with Crippen LogP contribution in [0.25, 0.3) is 0 Å². The third kappa shape index (κ3) is 7.92. The van der Waals surface area contributed by atoms with Crippen LogP contribution in [0.2, 0.25) is 5.02 Å². The van der Waals surface area contributed by atoms with Gasteiger partial charge >= 0.3 is 0 Å². The fourth-order valence-electron chi connectivity index (χ4n) is 5.84. The van der Waals surface area contributed by atoms with Gasteiger partial charge < -0.3 is 50.2 Å². The van der Waals surface area contributed by atoms with Gasteiger partial charge in [-0.05, 0) is 90.0 Å². The van der Waals surface area contributed by atoms with Gasteiger partial charge in [0.2, 0.25) is 17.6 Å². The van der Waals surface area contributed by atoms with E-state index in [0.717, 1.165) is 5.56 Å². The molecule has 6 N–H and O–H groups in total. The second kappa shape index (κ2) is 14.4. The average Bonchev–Trinajstić information content (AvgIpc) is 3.40. The van der Waals surface area contributed by atoms with E-state index in [1.807, 2.05) is 43.3 Å². The summed E-state index contributed by atoms with van der Waals surface area (Å²) >= 11 is 6.55. The first-order valence-electron chi connectivity index (χ1n) is 15.8. The number of carbonyl (C=O) groups is 2. The van der Waals surface area contributed by atoms with E-state index >= 15 is 0 Å². The normalized spacial score (nSPS) is 25.9. The van der Waals surface area contributed by atoms with E-state index in [-0.39, 0.29) is 24.8 Å². The first-order chi connectivity index (χ1) is 21.9. The molecular formula is C34H48ClN3O9. The number of hydrogen-bond donors (Lipinski definition) is 6. The Bertz CT molecular complexity index is 1410. The number of fused-ring (bicyclic) bond motifs is 2. The van der Waals surface area contributed by atoms with Crippen molar-refractivity contribution in [2.24, 2.45) is 0 Å². The Balaban J connectivity index is 1.32. The summed E-state index contributed by atoms with van der Waals surface area (Å²) in [6.07, 6.45) is -3.75. The number of benzene rings is 2. The van der Waals surface area contributed by atoms with E-state index in [2.05, 4.69) is 10.6 Å². The van der Waals surface area contributed by atoms with Gasteiger partial charge in [0, 0.05) is 30.1 Å². The van der Waals surface area contributed by atoms with Gasteiger partial charge in [-0.25, -0.2) is 0 Å². The van der Waals surface area contributed by atoms with Gasteiger partial charge in [0.25, 0.3) is 0 Å². The van der Waals surface area contributed by atoms with Crippen LogP contribution in [0.1, 0.15) is 57.2 Å². The summed E-state index contributed by atoms with van der Waals surface area (Å²) in [4.78, 5) is 26.8. The molecule has 2 amide bonds. The van der Waals surface area contributed by atoms with E-state index in [1.165, 1.54) is 13.8 Å². The molecule has 12 nitrogen and oxygen atoms in total. The van der Waals surface area contributed by atoms with Gasteiger partial charge in [-0.2, -0.15) is 0 Å². The summed E-state index contributed by atoms with van der Waals surface area (Å²) in [6.45, 7) is 7.51. The van der Waals surface area contributed by atoms with Crippen LogP contribution in [-0.2, 0) is 31.3 Å². The smallest absolute Gasteiger partial charge is 0.245 e. The zero-order valence-electron chi connectivity index (χ0n) is 27.9. The maximum atomic E-state index is 12.4. The van der Waals surface area contributed by atoms with Crippen LogP contribution in [0, 0.1) is 0 Å². The summed E-state index contributed by atoms with van der Waals surface area (Å²) in [5.74, 6) is -1.67. The molecule has 260 valence electrons. The number of aliphatic hydroxyl groups excluding tert-OH is 3. The van der Waals surface area contributed by atoms with Gasteiger partial charge in [0.1, 0.15) is 29.6 Å². The highest BCUT2D eigenvalue weighted by atomic mass is 35.5. The van der Waals surface area contributed by atoms with Gasteiger partial charge in [0.05, 0.1) is 18.8 Å². The maximum absolute atomic E-state index is 12.4. The van der Waals surface area contributed by atoms with Crippen molar-refractivity contribution < 1.29 is 44.2 Å². The monoisotopic (exact) mass is 677 g/mol. The summed E-state index contributed by atoms with van der Waals surface area (Å²) in [5, 5.41) is 49.4. The molecule has 0 radical (unpaired) electrons. The minimum Gasteiger partial charge on any atom is -0.494 e. The molecule has 4 rings (SSSR count). The average molecular weight is 678 g/mol. The van der Waals surface area contributed by atoms with Crippen molar-refractivity contribution >= 4 is 23.4 Å². The van der Waals surface area contributed by atoms with Crippen molar-refractivity contribution in [3.8, 4) is 5.75 Å². The topological polar surface area (TPSA) is 170 Å². The Labute approximate surface area is 281 Å². The van der Waals surface area contributed by atoms with E-state index in [4.69, 9.17) is 25.8 Å². The van der Waals surface area contributed by atoms with Crippen molar-refractivity contribution in [1.29, 1.82) is 0 Å². The van der Waals surface area contributed by atoms with Crippen LogP contribution in [0.3, 0.4) is 0 Å². The lowest BCUT2D eigenvalue weighted by molar-refractivity contribution is -0.348. The minimum atomic E-state index is -1.82. The number of hydrogen-bond acceptors (Lipinski definition) is 10. The first kappa shape index (κ1) is 37.0. The van der Waals surface area contributed by atoms with Gasteiger partial charge in [-0.1, -0.05) is 29.8 Å². The Morgan fingerprint density at radius 2 is 1.74 bits per heavy atom. The Kier molecular flexibility index (Phi) is 11.3. The molecule has 2 aromatic carbocycles. The van der Waals surface area contributed by atoms with Crippen LogP contribution in [0.5, 0.6) is 5.75 Å². The third-order valence-electron chi connectivity index (χ3n) is 8.83. The van der Waals surface area contributed by atoms with Crippen molar-refractivity contribution in [3.63, 3.8) is 0 Å². The number of ether oxygens (including phenoxy) is 3. The minimum absolute atomic E-state index is 0.206. The van der Waals surface area contributed by atoms with Crippen molar-refractivity contribution in [1.82, 2.24) is 15.5 Å². The van der Waals surface area contributed by atoms with E-state index < -0.39 is 40.8 Å². The number of nitrogens with one attached hydrogen (secondary N) is 2. The quantitative estimate of drug-likeness (QED) is 0.161. The first-order valence-corrected chi connectivity index (χ1v) is 16.1. The SMILES string of the molecule is CN(C)CCNC(=O)C(C)(C)NC(=O)CCCOc1ccc(Cc2cc([C@]34OC[C@](C(C)(C)O)(O3)[C@@H](O)[C@H](O)[C@H]4O)ccc2Cl)cc1. The standard InChI is InChI=1S/C34H48ClN3O9/c1-31(2,30(43)36-15-16-38(5)6)37-26(39)8-7-17-45-24-12-9-21(10-13-24)18-22-19-23(11-14-25(22)35)34-29(42)27(40)28(41)33(47-34,20-46-34)32(3,4)44/h9-14,19,27-29,40-42,44H,7-8,15-18,20H2,1-6H3,(H,36,43)(H,37,39)/t27-,28-,29+,33-,34-/m0/s1. The molecule has 2 heterocycles. The Morgan fingerprint density at radius 1 is 1.06 bits per heavy atom. The summed E-state index contributed by atoms with van der Waals surface area (Å²) in [5.41, 5.74) is -2.28. The molecule has 5 atom stereocenters. The highest BCUT2D eigenvalue weighted by molar-refractivity contribution is 6.31. The number of carbonyl (C=O) groups excluding carboxylic acids is 2. The fraction of sp³-hybridized carbons (Fsp3) is 0.588. The second-order valence-electron chi connectivity index (χ2n) is 13.7. The van der Waals surface area contributed by atoms with Crippen molar-refractivity contribution in [2.45, 2.75) is 87.8 Å². The van der Waals surface area contributed by atoms with E-state index in [1.54, 1.807) is 32.0 Å². The molecule has 0 saturated carbocycles. The lowest BCUT2D eigenvalue weighted by Gasteiger charge is -2.50. The largest absolute Gasteiger partial charge is 0.494 e. The molecule has 0 aromatic heterocycles. The Morgan fingerprint density at radius 3 is 2.38 bits per heavy atom. The number of amides is 2.